The van der Waals surface area contributed by atoms with Gasteiger partial charge in [-0.25, -0.2) is 0 Å². The number of nitrogens with one attached hydrogen (secondary N) is 1. The highest BCUT2D eigenvalue weighted by molar-refractivity contribution is 4.93. The van der Waals surface area contributed by atoms with E-state index in [-0.39, 0.29) is 0 Å². The molecule has 19 heavy (non-hydrogen) atoms. The van der Waals surface area contributed by atoms with Crippen molar-refractivity contribution in [3.05, 3.63) is 12.7 Å². The van der Waals surface area contributed by atoms with Gasteiger partial charge in [-0.2, -0.15) is 0 Å². The third-order valence-electron chi connectivity index (χ3n) is 4.85. The first-order valence-electron chi connectivity index (χ1n) is 8.29. The van der Waals surface area contributed by atoms with Gasteiger partial charge in [0.2, 0.25) is 0 Å². The Balaban J connectivity index is 1.93. The van der Waals surface area contributed by atoms with Crippen LogP contribution in [0.2, 0.25) is 0 Å². The summed E-state index contributed by atoms with van der Waals surface area (Å²) < 4.78 is 0. The van der Waals surface area contributed by atoms with Crippen molar-refractivity contribution >= 4 is 0 Å². The SMILES string of the molecule is C=CCN1CC(CC(C)C)NCC1C1CCCCC1. The van der Waals surface area contributed by atoms with Crippen LogP contribution in [0.1, 0.15) is 52.4 Å². The monoisotopic (exact) mass is 264 g/mol. The van der Waals surface area contributed by atoms with Gasteiger partial charge in [0.05, 0.1) is 0 Å². The number of hydrogen-bond acceptors (Lipinski definition) is 2. The third kappa shape index (κ3) is 4.32. The van der Waals surface area contributed by atoms with Crippen LogP contribution in [0, 0.1) is 11.8 Å². The molecule has 1 saturated heterocycles. The Bertz CT molecular complexity index is 268. The van der Waals surface area contributed by atoms with Crippen LogP contribution in [0.15, 0.2) is 12.7 Å². The molecule has 1 saturated carbocycles. The van der Waals surface area contributed by atoms with E-state index in [9.17, 15) is 0 Å². The van der Waals surface area contributed by atoms with Crippen LogP contribution >= 0.6 is 0 Å². The van der Waals surface area contributed by atoms with Gasteiger partial charge in [0, 0.05) is 31.7 Å². The standard InChI is InChI=1S/C17H32N2/c1-4-10-19-13-16(11-14(2)3)18-12-17(19)15-8-6-5-7-9-15/h4,14-18H,1,5-13H2,2-3H3. The van der Waals surface area contributed by atoms with E-state index >= 15 is 0 Å². The second-order valence-corrected chi connectivity index (χ2v) is 6.94. The zero-order valence-electron chi connectivity index (χ0n) is 12.9. The van der Waals surface area contributed by atoms with E-state index in [1.54, 1.807) is 0 Å². The van der Waals surface area contributed by atoms with Crippen LogP contribution in [0.25, 0.3) is 0 Å². The van der Waals surface area contributed by atoms with Gasteiger partial charge in [0.15, 0.2) is 0 Å². The lowest BCUT2D eigenvalue weighted by atomic mass is 9.82. The molecular formula is C17H32N2. The molecule has 2 unspecified atom stereocenters. The van der Waals surface area contributed by atoms with Crippen LogP contribution < -0.4 is 5.32 Å². The molecule has 0 spiro atoms. The Kier molecular flexibility index (Phi) is 5.90. The Morgan fingerprint density at radius 1 is 1.26 bits per heavy atom. The Hall–Kier alpha value is -0.340. The molecule has 1 N–H and O–H groups in total. The highest BCUT2D eigenvalue weighted by Crippen LogP contribution is 2.30. The fourth-order valence-electron chi connectivity index (χ4n) is 3.99. The predicted molar refractivity (Wildman–Crippen MR) is 83.4 cm³/mol. The van der Waals surface area contributed by atoms with Crippen LogP contribution in [0.3, 0.4) is 0 Å². The quantitative estimate of drug-likeness (QED) is 0.765. The molecule has 110 valence electrons. The van der Waals surface area contributed by atoms with E-state index in [0.29, 0.717) is 6.04 Å². The lowest BCUT2D eigenvalue weighted by Gasteiger charge is -2.45. The molecule has 0 aromatic heterocycles. The number of piperazine rings is 1. The van der Waals surface area contributed by atoms with Crippen LogP contribution in [-0.2, 0) is 0 Å². The summed E-state index contributed by atoms with van der Waals surface area (Å²) in [5.74, 6) is 1.70. The van der Waals surface area contributed by atoms with Crippen LogP contribution in [0.5, 0.6) is 0 Å². The minimum absolute atomic E-state index is 0.680. The fourth-order valence-corrected chi connectivity index (χ4v) is 3.99. The molecule has 2 aliphatic rings. The fraction of sp³-hybridized carbons (Fsp3) is 0.882. The summed E-state index contributed by atoms with van der Waals surface area (Å²) in [6.45, 7) is 12.1. The average molecular weight is 264 g/mol. The van der Waals surface area contributed by atoms with E-state index < -0.39 is 0 Å². The summed E-state index contributed by atoms with van der Waals surface area (Å²) in [5.41, 5.74) is 0. The van der Waals surface area contributed by atoms with Gasteiger partial charge in [0.1, 0.15) is 0 Å². The van der Waals surface area contributed by atoms with Crippen molar-refractivity contribution in [2.45, 2.75) is 64.5 Å². The lowest BCUT2D eigenvalue weighted by molar-refractivity contribution is 0.0774. The highest BCUT2D eigenvalue weighted by Gasteiger charge is 2.33. The minimum atomic E-state index is 0.680. The van der Waals surface area contributed by atoms with Gasteiger partial charge in [-0.15, -0.1) is 6.58 Å². The summed E-state index contributed by atoms with van der Waals surface area (Å²) in [7, 11) is 0. The van der Waals surface area contributed by atoms with E-state index in [4.69, 9.17) is 0 Å². The Labute approximate surface area is 119 Å². The van der Waals surface area contributed by atoms with Gasteiger partial charge in [-0.1, -0.05) is 39.2 Å². The minimum Gasteiger partial charge on any atom is -0.311 e. The summed E-state index contributed by atoms with van der Waals surface area (Å²) in [6.07, 6.45) is 10.6. The first-order chi connectivity index (χ1) is 9.20. The number of hydrogen-bond donors (Lipinski definition) is 1. The van der Waals surface area contributed by atoms with E-state index in [0.717, 1.165) is 24.4 Å². The summed E-state index contributed by atoms with van der Waals surface area (Å²) in [6, 6.07) is 1.43. The molecule has 2 atom stereocenters. The number of rotatable bonds is 5. The van der Waals surface area contributed by atoms with Gasteiger partial charge >= 0.3 is 0 Å². The molecule has 0 aromatic rings. The molecule has 0 radical (unpaired) electrons. The molecule has 0 amide bonds. The number of nitrogens with zero attached hydrogens (tertiary/aromatic N) is 1. The van der Waals surface area contributed by atoms with E-state index in [1.165, 1.54) is 51.6 Å². The smallest absolute Gasteiger partial charge is 0.0252 e. The van der Waals surface area contributed by atoms with Crippen molar-refractivity contribution in [2.75, 3.05) is 19.6 Å². The molecular weight excluding hydrogens is 232 g/mol. The summed E-state index contributed by atoms with van der Waals surface area (Å²) in [4.78, 5) is 2.70. The maximum Gasteiger partial charge on any atom is 0.0252 e. The maximum absolute atomic E-state index is 3.96. The van der Waals surface area contributed by atoms with Crippen molar-refractivity contribution < 1.29 is 0 Å². The van der Waals surface area contributed by atoms with Gasteiger partial charge in [0.25, 0.3) is 0 Å². The molecule has 2 nitrogen and oxygen atoms in total. The Morgan fingerprint density at radius 2 is 2.00 bits per heavy atom. The van der Waals surface area contributed by atoms with Gasteiger partial charge < -0.3 is 5.32 Å². The molecule has 1 aliphatic carbocycles. The van der Waals surface area contributed by atoms with E-state index in [2.05, 4.69) is 36.7 Å². The molecule has 1 heterocycles. The molecule has 2 fully saturated rings. The van der Waals surface area contributed by atoms with E-state index in [1.807, 2.05) is 0 Å². The van der Waals surface area contributed by atoms with Crippen molar-refractivity contribution in [2.24, 2.45) is 11.8 Å². The third-order valence-corrected chi connectivity index (χ3v) is 4.85. The van der Waals surface area contributed by atoms with Crippen molar-refractivity contribution in [1.82, 2.24) is 10.2 Å². The normalized spacial score (nSPS) is 30.7. The first kappa shape index (κ1) is 15.1. The first-order valence-corrected chi connectivity index (χ1v) is 8.29. The maximum atomic E-state index is 3.96. The van der Waals surface area contributed by atoms with Crippen molar-refractivity contribution in [3.63, 3.8) is 0 Å². The largest absolute Gasteiger partial charge is 0.311 e. The predicted octanol–water partition coefficient (Wildman–Crippen LogP) is 3.44. The second kappa shape index (κ2) is 7.44. The molecule has 0 aromatic carbocycles. The van der Waals surface area contributed by atoms with Crippen LogP contribution in [-0.4, -0.2) is 36.6 Å². The van der Waals surface area contributed by atoms with Gasteiger partial charge in [-0.05, 0) is 31.1 Å². The molecule has 2 heteroatoms. The Morgan fingerprint density at radius 3 is 2.63 bits per heavy atom. The van der Waals surface area contributed by atoms with Gasteiger partial charge in [-0.3, -0.25) is 4.90 Å². The van der Waals surface area contributed by atoms with Crippen molar-refractivity contribution in [3.8, 4) is 0 Å². The second-order valence-electron chi connectivity index (χ2n) is 6.94. The molecule has 0 bridgehead atoms. The summed E-state index contributed by atoms with van der Waals surface area (Å²) in [5, 5.41) is 3.81. The average Bonchev–Trinajstić information content (AvgIpc) is 2.40. The zero-order chi connectivity index (χ0) is 13.7. The topological polar surface area (TPSA) is 15.3 Å². The highest BCUT2D eigenvalue weighted by atomic mass is 15.2. The molecule has 1 aliphatic heterocycles. The molecule has 2 rings (SSSR count). The van der Waals surface area contributed by atoms with Crippen molar-refractivity contribution in [1.29, 1.82) is 0 Å². The summed E-state index contributed by atoms with van der Waals surface area (Å²) >= 11 is 0. The van der Waals surface area contributed by atoms with Crippen LogP contribution in [0.4, 0.5) is 0 Å². The zero-order valence-corrected chi connectivity index (χ0v) is 12.9. The lowest BCUT2D eigenvalue weighted by Crippen LogP contribution is -2.59.